The minimum atomic E-state index is -1.33. The number of Topliss-reactive ketones (excluding diaryl/α,β-unsaturated/α-hetero) is 1. The summed E-state index contributed by atoms with van der Waals surface area (Å²) < 4.78 is 18.4. The molecule has 10 nitrogen and oxygen atoms in total. The average Bonchev–Trinajstić information content (AvgIpc) is 3.62. The summed E-state index contributed by atoms with van der Waals surface area (Å²) in [5.74, 6) is -0.784. The second-order valence-electron chi connectivity index (χ2n) is 10.1. The van der Waals surface area contributed by atoms with Crippen LogP contribution in [-0.4, -0.2) is 65.4 Å². The van der Waals surface area contributed by atoms with Crippen LogP contribution in [0.25, 0.3) is 27.7 Å². The second kappa shape index (κ2) is 10.5. The molecule has 208 valence electrons. The number of ketones is 1. The lowest BCUT2D eigenvalue weighted by atomic mass is 10.0. The highest BCUT2D eigenvalue weighted by Crippen LogP contribution is 2.29. The Morgan fingerprint density at radius 1 is 1.12 bits per heavy atom. The number of alkyl halides is 1. The molecule has 0 bridgehead atoms. The van der Waals surface area contributed by atoms with Crippen molar-refractivity contribution in [1.82, 2.24) is 29.0 Å². The Hall–Kier alpha value is -4.45. The zero-order chi connectivity index (χ0) is 28.8. The number of rotatable bonds is 6. The summed E-state index contributed by atoms with van der Waals surface area (Å²) in [4.78, 5) is 49.0. The van der Waals surface area contributed by atoms with Gasteiger partial charge in [0.15, 0.2) is 11.4 Å². The molecule has 1 fully saturated rings. The van der Waals surface area contributed by atoms with E-state index in [1.54, 1.807) is 39.7 Å². The van der Waals surface area contributed by atoms with Crippen LogP contribution in [0.2, 0.25) is 0 Å². The molecule has 12 heteroatoms. The number of pyridine rings is 1. The molecule has 2 atom stereocenters. The third kappa shape index (κ3) is 5.22. The van der Waals surface area contributed by atoms with E-state index in [4.69, 9.17) is 0 Å². The highest BCUT2D eigenvalue weighted by atomic mass is 79.9. The lowest BCUT2D eigenvalue weighted by Crippen LogP contribution is -2.44. The summed E-state index contributed by atoms with van der Waals surface area (Å²) in [7, 11) is 0. The number of hydrogen-bond donors (Lipinski definition) is 1. The van der Waals surface area contributed by atoms with Gasteiger partial charge in [-0.15, -0.1) is 0 Å². The molecule has 1 aromatic carbocycles. The fourth-order valence-electron chi connectivity index (χ4n) is 5.27. The Morgan fingerprint density at radius 2 is 1.95 bits per heavy atom. The van der Waals surface area contributed by atoms with E-state index in [0.29, 0.717) is 26.9 Å². The lowest BCUT2D eigenvalue weighted by molar-refractivity contribution is -0.137. The van der Waals surface area contributed by atoms with Crippen LogP contribution in [0.15, 0.2) is 65.7 Å². The first kappa shape index (κ1) is 26.8. The zero-order valence-corrected chi connectivity index (χ0v) is 23.8. The third-order valence-corrected chi connectivity index (χ3v) is 7.62. The van der Waals surface area contributed by atoms with Crippen molar-refractivity contribution in [1.29, 1.82) is 0 Å². The number of carbonyl (C=O) groups is 3. The van der Waals surface area contributed by atoms with Crippen LogP contribution < -0.4 is 5.32 Å². The SMILES string of the molecule is CC(=O)c1cn(CC(=O)N2C[C@H](F)C[C@H]2C(=O)Nc2cccc(Br)n2)c2ccc(-c3cnc4cc(C)nn4c3)cc12. The molecule has 5 aromatic rings. The number of nitrogens with one attached hydrogen (secondary N) is 1. The van der Waals surface area contributed by atoms with Crippen molar-refractivity contribution in [3.63, 3.8) is 0 Å². The van der Waals surface area contributed by atoms with E-state index in [9.17, 15) is 18.8 Å². The molecule has 5 heterocycles. The van der Waals surface area contributed by atoms with Gasteiger partial charge < -0.3 is 14.8 Å². The Balaban J connectivity index is 1.28. The van der Waals surface area contributed by atoms with Crippen LogP contribution in [0.4, 0.5) is 10.2 Å². The minimum absolute atomic E-state index is 0.103. The van der Waals surface area contributed by atoms with E-state index in [2.05, 4.69) is 36.3 Å². The summed E-state index contributed by atoms with van der Waals surface area (Å²) in [6.07, 6.45) is 3.83. The molecule has 0 unspecified atom stereocenters. The minimum Gasteiger partial charge on any atom is -0.337 e. The first-order valence-electron chi connectivity index (χ1n) is 13.0. The smallest absolute Gasteiger partial charge is 0.248 e. The predicted molar refractivity (Wildman–Crippen MR) is 154 cm³/mol. The monoisotopic (exact) mass is 617 g/mol. The van der Waals surface area contributed by atoms with Crippen molar-refractivity contribution in [3.8, 4) is 11.1 Å². The molecule has 0 radical (unpaired) electrons. The summed E-state index contributed by atoms with van der Waals surface area (Å²) in [5, 5.41) is 7.78. The Bertz CT molecular complexity index is 1850. The molecule has 0 aliphatic carbocycles. The molecular weight excluding hydrogens is 593 g/mol. The van der Waals surface area contributed by atoms with Gasteiger partial charge in [0.05, 0.1) is 12.2 Å². The maximum atomic E-state index is 14.5. The van der Waals surface area contributed by atoms with Gasteiger partial charge in [-0.1, -0.05) is 12.1 Å². The molecule has 0 spiro atoms. The number of aryl methyl sites for hydroxylation is 1. The first-order valence-corrected chi connectivity index (χ1v) is 13.8. The van der Waals surface area contributed by atoms with E-state index in [-0.39, 0.29) is 25.3 Å². The van der Waals surface area contributed by atoms with Crippen molar-refractivity contribution in [2.24, 2.45) is 0 Å². The van der Waals surface area contributed by atoms with Gasteiger partial charge in [-0.05, 0) is 59.6 Å². The molecule has 6 rings (SSSR count). The summed E-state index contributed by atoms with van der Waals surface area (Å²) in [6, 6.07) is 11.6. The topological polar surface area (TPSA) is 114 Å². The number of carbonyl (C=O) groups excluding carboxylic acids is 3. The quantitative estimate of drug-likeness (QED) is 0.220. The number of amides is 2. The number of aromatic nitrogens is 5. The van der Waals surface area contributed by atoms with Crippen LogP contribution in [0.3, 0.4) is 0 Å². The lowest BCUT2D eigenvalue weighted by Gasteiger charge is -2.24. The molecule has 1 N–H and O–H groups in total. The second-order valence-corrected chi connectivity index (χ2v) is 10.9. The standard InChI is InChI=1S/C29H25BrFN7O3/c1-16-8-27-32-11-19(12-38(27)35-16)18-6-7-23-21(9-18)22(17(2)39)14-36(23)15-28(40)37-13-20(31)10-24(37)29(41)34-26-5-3-4-25(30)33-26/h3-9,11-12,14,20,24H,10,13,15H2,1-2H3,(H,33,34,41)/t20-,24+/m1/s1. The fraction of sp³-hybridized carbons (Fsp3) is 0.241. The van der Waals surface area contributed by atoms with E-state index in [0.717, 1.165) is 22.5 Å². The average molecular weight is 618 g/mol. The summed E-state index contributed by atoms with van der Waals surface area (Å²) >= 11 is 3.26. The largest absolute Gasteiger partial charge is 0.337 e. The van der Waals surface area contributed by atoms with Crippen molar-refractivity contribution < 1.29 is 18.8 Å². The van der Waals surface area contributed by atoms with Crippen molar-refractivity contribution in [3.05, 3.63) is 76.9 Å². The first-order chi connectivity index (χ1) is 19.7. The summed E-state index contributed by atoms with van der Waals surface area (Å²) in [6.45, 7) is 3.02. The number of likely N-dealkylation sites (tertiary alicyclic amines) is 1. The van der Waals surface area contributed by atoms with Crippen molar-refractivity contribution >= 4 is 55.9 Å². The Kier molecular flexibility index (Phi) is 6.86. The number of nitrogens with zero attached hydrogens (tertiary/aromatic N) is 6. The van der Waals surface area contributed by atoms with Gasteiger partial charge in [-0.25, -0.2) is 18.9 Å². The van der Waals surface area contributed by atoms with E-state index in [1.165, 1.54) is 11.8 Å². The number of anilines is 1. The third-order valence-electron chi connectivity index (χ3n) is 7.17. The maximum absolute atomic E-state index is 14.5. The Labute approximate surface area is 242 Å². The number of benzene rings is 1. The van der Waals surface area contributed by atoms with E-state index in [1.807, 2.05) is 37.4 Å². The number of hydrogen-bond acceptors (Lipinski definition) is 6. The Morgan fingerprint density at radius 3 is 2.73 bits per heavy atom. The van der Waals surface area contributed by atoms with Crippen molar-refractivity contribution in [2.45, 2.75) is 39.0 Å². The normalized spacial score (nSPS) is 16.9. The fourth-order valence-corrected chi connectivity index (χ4v) is 5.61. The molecule has 2 amide bonds. The molecule has 0 saturated carbocycles. The van der Waals surface area contributed by atoms with Gasteiger partial charge in [0.25, 0.3) is 0 Å². The highest BCUT2D eigenvalue weighted by Gasteiger charge is 2.40. The van der Waals surface area contributed by atoms with Crippen LogP contribution >= 0.6 is 15.9 Å². The van der Waals surface area contributed by atoms with Gasteiger partial charge in [-0.3, -0.25) is 14.4 Å². The van der Waals surface area contributed by atoms with Crippen molar-refractivity contribution in [2.75, 3.05) is 11.9 Å². The van der Waals surface area contributed by atoms with Crippen LogP contribution in [0.5, 0.6) is 0 Å². The van der Waals surface area contributed by atoms with Gasteiger partial charge in [-0.2, -0.15) is 5.10 Å². The van der Waals surface area contributed by atoms with Gasteiger partial charge in [0.1, 0.15) is 29.2 Å². The molecular formula is C29H25BrFN7O3. The molecule has 41 heavy (non-hydrogen) atoms. The van der Waals surface area contributed by atoms with Crippen LogP contribution in [-0.2, 0) is 16.1 Å². The van der Waals surface area contributed by atoms with Crippen LogP contribution in [0, 0.1) is 6.92 Å². The van der Waals surface area contributed by atoms with Crippen LogP contribution in [0.1, 0.15) is 29.4 Å². The number of fused-ring (bicyclic) bond motifs is 2. The van der Waals surface area contributed by atoms with Gasteiger partial charge in [0.2, 0.25) is 11.8 Å². The van der Waals surface area contributed by atoms with Gasteiger partial charge >= 0.3 is 0 Å². The molecule has 1 saturated heterocycles. The van der Waals surface area contributed by atoms with E-state index >= 15 is 0 Å². The van der Waals surface area contributed by atoms with Gasteiger partial charge in [0, 0.05) is 53.1 Å². The van der Waals surface area contributed by atoms with E-state index < -0.39 is 24.0 Å². The molecule has 4 aromatic heterocycles. The molecule has 1 aliphatic rings. The zero-order valence-electron chi connectivity index (χ0n) is 22.2. The highest BCUT2D eigenvalue weighted by molar-refractivity contribution is 9.10. The predicted octanol–water partition coefficient (Wildman–Crippen LogP) is 4.60. The summed E-state index contributed by atoms with van der Waals surface area (Å²) in [5.41, 5.74) is 4.38. The molecule has 1 aliphatic heterocycles. The maximum Gasteiger partial charge on any atom is 0.248 e. The number of halogens is 2.